The van der Waals surface area contributed by atoms with Gasteiger partial charge in [-0.1, -0.05) is 140 Å². The van der Waals surface area contributed by atoms with Gasteiger partial charge in [0.2, 0.25) is 0 Å². The highest BCUT2D eigenvalue weighted by molar-refractivity contribution is 6.11. The van der Waals surface area contributed by atoms with Gasteiger partial charge in [-0.25, -0.2) is 0 Å². The minimum absolute atomic E-state index is 0.520. The minimum Gasteiger partial charge on any atom is -0.310 e. The molecule has 0 bridgehead atoms. The summed E-state index contributed by atoms with van der Waals surface area (Å²) in [5.74, 6) is 0. The third kappa shape index (κ3) is 3.76. The van der Waals surface area contributed by atoms with E-state index in [1.807, 2.05) is 0 Å². The molecule has 11 rings (SSSR count). The Morgan fingerprint density at radius 2 is 0.902 bits per heavy atom. The standard InChI is InChI=1S/C49H32N2/c1-3-16-34(17-4-1)50-44-27-12-8-21-38(44)40-32-33(30-31-45(40)50)36-22-15-23-39-37-20-7-9-24-41(37)49(48(36)39)42-25-10-13-28-46(42)51(35-18-5-2-6-19-35)47-29-14-11-26-43(47)49/h1-32H. The van der Waals surface area contributed by atoms with Gasteiger partial charge in [0.05, 0.1) is 27.8 Å². The molecule has 0 N–H and O–H groups in total. The zero-order valence-electron chi connectivity index (χ0n) is 27.9. The van der Waals surface area contributed by atoms with Crippen molar-refractivity contribution in [1.29, 1.82) is 0 Å². The van der Waals surface area contributed by atoms with E-state index in [1.165, 1.54) is 83.4 Å². The second-order valence-electron chi connectivity index (χ2n) is 13.6. The number of anilines is 3. The maximum atomic E-state index is 2.45. The van der Waals surface area contributed by atoms with Crippen molar-refractivity contribution in [2.75, 3.05) is 4.90 Å². The second-order valence-corrected chi connectivity index (χ2v) is 13.6. The van der Waals surface area contributed by atoms with Crippen LogP contribution in [0.15, 0.2) is 194 Å². The fourth-order valence-corrected chi connectivity index (χ4v) is 9.26. The lowest BCUT2D eigenvalue weighted by Gasteiger charge is -2.45. The summed E-state index contributed by atoms with van der Waals surface area (Å²) in [6, 6.07) is 71.5. The van der Waals surface area contributed by atoms with Gasteiger partial charge in [0.25, 0.3) is 0 Å². The van der Waals surface area contributed by atoms with Crippen LogP contribution in [0.4, 0.5) is 17.1 Å². The number of para-hydroxylation sites is 5. The molecule has 0 amide bonds. The van der Waals surface area contributed by atoms with Gasteiger partial charge in [-0.05, 0) is 99.1 Å². The van der Waals surface area contributed by atoms with E-state index in [0.717, 1.165) is 5.69 Å². The summed E-state index contributed by atoms with van der Waals surface area (Å²) in [7, 11) is 0. The summed E-state index contributed by atoms with van der Waals surface area (Å²) in [4.78, 5) is 2.45. The van der Waals surface area contributed by atoms with E-state index in [-0.39, 0.29) is 0 Å². The lowest BCUT2D eigenvalue weighted by atomic mass is 9.63. The van der Waals surface area contributed by atoms with Crippen LogP contribution in [0, 0.1) is 0 Å². The van der Waals surface area contributed by atoms with Gasteiger partial charge < -0.3 is 9.47 Å². The fraction of sp³-hybridized carbons (Fsp3) is 0.0204. The highest BCUT2D eigenvalue weighted by atomic mass is 15.2. The summed E-state index contributed by atoms with van der Waals surface area (Å²) in [6.45, 7) is 0. The normalized spacial score (nSPS) is 13.6. The number of fused-ring (bicyclic) bond motifs is 12. The molecule has 9 aromatic rings. The predicted octanol–water partition coefficient (Wildman–Crippen LogP) is 12.6. The first-order valence-corrected chi connectivity index (χ1v) is 17.7. The highest BCUT2D eigenvalue weighted by Crippen LogP contribution is 2.64. The number of benzene rings is 8. The van der Waals surface area contributed by atoms with E-state index in [0.29, 0.717) is 0 Å². The molecule has 51 heavy (non-hydrogen) atoms. The third-order valence-electron chi connectivity index (χ3n) is 11.2. The number of aromatic nitrogens is 1. The number of rotatable bonds is 3. The Hall–Kier alpha value is -6.64. The SMILES string of the molecule is c1ccc(N2c3ccccc3C3(c4ccccc4-c4cccc(-c5ccc6c(c5)c5ccccc5n6-c5ccccc5)c43)c3ccccc32)cc1. The molecular weight excluding hydrogens is 617 g/mol. The molecule has 0 radical (unpaired) electrons. The van der Waals surface area contributed by atoms with Crippen molar-refractivity contribution in [3.05, 3.63) is 216 Å². The van der Waals surface area contributed by atoms with E-state index in [4.69, 9.17) is 0 Å². The van der Waals surface area contributed by atoms with Crippen molar-refractivity contribution in [2.45, 2.75) is 5.41 Å². The Labute approximate surface area is 297 Å². The average Bonchev–Trinajstić information content (AvgIpc) is 3.70. The zero-order chi connectivity index (χ0) is 33.5. The Bertz CT molecular complexity index is 2760. The number of hydrogen-bond acceptors (Lipinski definition) is 1. The third-order valence-corrected chi connectivity index (χ3v) is 11.2. The summed E-state index contributed by atoms with van der Waals surface area (Å²) in [5.41, 5.74) is 17.0. The van der Waals surface area contributed by atoms with Crippen molar-refractivity contribution in [1.82, 2.24) is 4.57 Å². The van der Waals surface area contributed by atoms with Gasteiger partial charge in [-0.15, -0.1) is 0 Å². The smallest absolute Gasteiger partial charge is 0.0760 e. The van der Waals surface area contributed by atoms with E-state index in [1.54, 1.807) is 0 Å². The van der Waals surface area contributed by atoms with Crippen LogP contribution in [0.25, 0.3) is 49.7 Å². The van der Waals surface area contributed by atoms with Crippen LogP contribution in [-0.4, -0.2) is 4.57 Å². The Balaban J connectivity index is 1.24. The first-order chi connectivity index (χ1) is 25.3. The molecule has 0 fully saturated rings. The first-order valence-electron chi connectivity index (χ1n) is 17.7. The van der Waals surface area contributed by atoms with Crippen molar-refractivity contribution < 1.29 is 0 Å². The summed E-state index contributed by atoms with van der Waals surface area (Å²) in [5, 5.41) is 2.52. The summed E-state index contributed by atoms with van der Waals surface area (Å²) >= 11 is 0. The van der Waals surface area contributed by atoms with Crippen LogP contribution in [-0.2, 0) is 5.41 Å². The van der Waals surface area contributed by atoms with Crippen molar-refractivity contribution >= 4 is 38.9 Å². The number of nitrogens with zero attached hydrogens (tertiary/aromatic N) is 2. The Morgan fingerprint density at radius 1 is 0.353 bits per heavy atom. The molecule has 0 unspecified atom stereocenters. The van der Waals surface area contributed by atoms with Gasteiger partial charge in [-0.2, -0.15) is 0 Å². The summed E-state index contributed by atoms with van der Waals surface area (Å²) in [6.07, 6.45) is 0. The summed E-state index contributed by atoms with van der Waals surface area (Å²) < 4.78 is 2.40. The zero-order valence-corrected chi connectivity index (χ0v) is 27.9. The molecule has 2 aliphatic rings. The Kier molecular flexibility index (Phi) is 5.91. The topological polar surface area (TPSA) is 8.17 Å². The molecule has 1 aliphatic heterocycles. The van der Waals surface area contributed by atoms with Gasteiger partial charge in [0.15, 0.2) is 0 Å². The van der Waals surface area contributed by atoms with Crippen LogP contribution >= 0.6 is 0 Å². The Morgan fingerprint density at radius 3 is 1.65 bits per heavy atom. The number of hydrogen-bond donors (Lipinski definition) is 0. The molecule has 0 atom stereocenters. The second kappa shape index (κ2) is 10.7. The molecule has 2 nitrogen and oxygen atoms in total. The maximum Gasteiger partial charge on any atom is 0.0760 e. The lowest BCUT2D eigenvalue weighted by molar-refractivity contribution is 0.754. The van der Waals surface area contributed by atoms with Crippen molar-refractivity contribution in [3.63, 3.8) is 0 Å². The maximum absolute atomic E-state index is 2.45. The van der Waals surface area contributed by atoms with Gasteiger partial charge in [-0.3, -0.25) is 0 Å². The molecule has 1 aromatic heterocycles. The molecular formula is C49H32N2. The van der Waals surface area contributed by atoms with E-state index in [9.17, 15) is 0 Å². The quantitative estimate of drug-likeness (QED) is 0.185. The lowest BCUT2D eigenvalue weighted by Crippen LogP contribution is -2.36. The van der Waals surface area contributed by atoms with Crippen molar-refractivity contribution in [3.8, 4) is 27.9 Å². The molecule has 0 saturated carbocycles. The van der Waals surface area contributed by atoms with Gasteiger partial charge >= 0.3 is 0 Å². The van der Waals surface area contributed by atoms with Crippen LogP contribution in [0.2, 0.25) is 0 Å². The van der Waals surface area contributed by atoms with E-state index < -0.39 is 5.41 Å². The predicted molar refractivity (Wildman–Crippen MR) is 212 cm³/mol. The van der Waals surface area contributed by atoms with Crippen LogP contribution < -0.4 is 4.90 Å². The van der Waals surface area contributed by atoms with Gasteiger partial charge in [0, 0.05) is 22.1 Å². The average molecular weight is 649 g/mol. The molecule has 8 aromatic carbocycles. The van der Waals surface area contributed by atoms with E-state index >= 15 is 0 Å². The van der Waals surface area contributed by atoms with Crippen LogP contribution in [0.3, 0.4) is 0 Å². The molecule has 1 spiro atoms. The van der Waals surface area contributed by atoms with Gasteiger partial charge in [0.1, 0.15) is 0 Å². The van der Waals surface area contributed by atoms with Crippen molar-refractivity contribution in [2.24, 2.45) is 0 Å². The molecule has 1 aliphatic carbocycles. The monoisotopic (exact) mass is 648 g/mol. The van der Waals surface area contributed by atoms with Crippen LogP contribution in [0.1, 0.15) is 22.3 Å². The molecule has 238 valence electrons. The molecule has 2 heterocycles. The molecule has 0 saturated heterocycles. The van der Waals surface area contributed by atoms with E-state index in [2.05, 4.69) is 204 Å². The van der Waals surface area contributed by atoms with Crippen LogP contribution in [0.5, 0.6) is 0 Å². The minimum atomic E-state index is -0.520. The fourth-order valence-electron chi connectivity index (χ4n) is 9.26. The first kappa shape index (κ1) is 28.2. The molecule has 2 heteroatoms. The largest absolute Gasteiger partial charge is 0.310 e. The highest BCUT2D eigenvalue weighted by Gasteiger charge is 2.52.